The summed E-state index contributed by atoms with van der Waals surface area (Å²) in [6.45, 7) is 5.77. The smallest absolute Gasteiger partial charge is 0.409 e. The Morgan fingerprint density at radius 2 is 2.00 bits per heavy atom. The molecule has 0 saturated carbocycles. The maximum Gasteiger partial charge on any atom is 0.409 e. The van der Waals surface area contributed by atoms with Crippen LogP contribution < -0.4 is 0 Å². The topological polar surface area (TPSA) is 49.9 Å². The average Bonchev–Trinajstić information content (AvgIpc) is 2.92. The van der Waals surface area contributed by atoms with Crippen LogP contribution in [0.4, 0.5) is 4.79 Å². The second-order valence-electron chi connectivity index (χ2n) is 4.80. The van der Waals surface area contributed by atoms with Crippen molar-refractivity contribution in [3.63, 3.8) is 0 Å². The number of Topliss-reactive ketones (excluding diaryl/α,β-unsaturated/α-hetero) is 1. The molecular formula is C14H19ClN2O3S. The van der Waals surface area contributed by atoms with Crippen LogP contribution in [-0.4, -0.2) is 61.0 Å². The van der Waals surface area contributed by atoms with Crippen LogP contribution in [0, 0.1) is 0 Å². The summed E-state index contributed by atoms with van der Waals surface area (Å²) in [6.07, 6.45) is 0.234. The first kappa shape index (κ1) is 16.3. The van der Waals surface area contributed by atoms with E-state index < -0.39 is 0 Å². The monoisotopic (exact) mass is 330 g/mol. The molecule has 7 heteroatoms. The fourth-order valence-corrected chi connectivity index (χ4v) is 3.23. The fraction of sp³-hybridized carbons (Fsp3) is 0.571. The van der Waals surface area contributed by atoms with Crippen molar-refractivity contribution in [2.45, 2.75) is 13.3 Å². The minimum absolute atomic E-state index is 0.125. The molecule has 1 saturated heterocycles. The molecule has 1 fully saturated rings. The van der Waals surface area contributed by atoms with Crippen molar-refractivity contribution in [2.24, 2.45) is 0 Å². The SMILES string of the molecule is CCOC(=O)N1CCN(CCC(=O)c2ccc(Cl)s2)CC1. The first-order valence-corrected chi connectivity index (χ1v) is 8.22. The van der Waals surface area contributed by atoms with Crippen LogP contribution in [-0.2, 0) is 4.74 Å². The molecule has 0 N–H and O–H groups in total. The molecule has 1 aromatic heterocycles. The maximum atomic E-state index is 12.0. The zero-order valence-electron chi connectivity index (χ0n) is 12.0. The second-order valence-corrected chi connectivity index (χ2v) is 6.52. The van der Waals surface area contributed by atoms with E-state index in [4.69, 9.17) is 16.3 Å². The van der Waals surface area contributed by atoms with Crippen LogP contribution >= 0.6 is 22.9 Å². The lowest BCUT2D eigenvalue weighted by atomic mass is 10.2. The summed E-state index contributed by atoms with van der Waals surface area (Å²) in [5, 5.41) is 0. The molecule has 1 amide bonds. The predicted octanol–water partition coefficient (Wildman–Crippen LogP) is 2.75. The summed E-state index contributed by atoms with van der Waals surface area (Å²) >= 11 is 7.15. The molecule has 116 valence electrons. The third-order valence-corrected chi connectivity index (χ3v) is 4.67. The van der Waals surface area contributed by atoms with Crippen molar-refractivity contribution in [2.75, 3.05) is 39.3 Å². The third kappa shape index (κ3) is 4.69. The van der Waals surface area contributed by atoms with Gasteiger partial charge in [0, 0.05) is 39.1 Å². The Hall–Kier alpha value is -1.11. The molecule has 0 spiro atoms. The first-order chi connectivity index (χ1) is 10.1. The number of piperazine rings is 1. The van der Waals surface area contributed by atoms with E-state index in [2.05, 4.69) is 4.90 Å². The second kappa shape index (κ2) is 7.77. The number of carbonyl (C=O) groups excluding carboxylic acids is 2. The number of hydrogen-bond acceptors (Lipinski definition) is 5. The number of ether oxygens (including phenoxy) is 1. The molecule has 0 radical (unpaired) electrons. The van der Waals surface area contributed by atoms with Crippen molar-refractivity contribution in [1.29, 1.82) is 0 Å². The highest BCUT2D eigenvalue weighted by molar-refractivity contribution is 7.18. The van der Waals surface area contributed by atoms with Gasteiger partial charge in [0.05, 0.1) is 15.8 Å². The zero-order valence-corrected chi connectivity index (χ0v) is 13.6. The Labute approximate surface area is 133 Å². The van der Waals surface area contributed by atoms with Gasteiger partial charge in [-0.15, -0.1) is 11.3 Å². The van der Waals surface area contributed by atoms with Crippen LogP contribution in [0.5, 0.6) is 0 Å². The van der Waals surface area contributed by atoms with Gasteiger partial charge < -0.3 is 9.64 Å². The van der Waals surface area contributed by atoms with Gasteiger partial charge in [-0.25, -0.2) is 4.79 Å². The lowest BCUT2D eigenvalue weighted by Crippen LogP contribution is -2.49. The number of amides is 1. The number of carbonyl (C=O) groups is 2. The molecule has 1 aromatic rings. The summed E-state index contributed by atoms with van der Waals surface area (Å²) < 4.78 is 5.62. The van der Waals surface area contributed by atoms with Gasteiger partial charge in [0.1, 0.15) is 0 Å². The number of hydrogen-bond donors (Lipinski definition) is 0. The van der Waals surface area contributed by atoms with Crippen LogP contribution in [0.25, 0.3) is 0 Å². The van der Waals surface area contributed by atoms with Crippen molar-refractivity contribution >= 4 is 34.8 Å². The molecule has 2 heterocycles. The van der Waals surface area contributed by atoms with Gasteiger partial charge in [-0.1, -0.05) is 11.6 Å². The van der Waals surface area contributed by atoms with E-state index in [1.54, 1.807) is 24.0 Å². The fourth-order valence-electron chi connectivity index (χ4n) is 2.22. The Morgan fingerprint density at radius 3 is 2.57 bits per heavy atom. The number of thiophene rings is 1. The highest BCUT2D eigenvalue weighted by atomic mass is 35.5. The van der Waals surface area contributed by atoms with E-state index in [9.17, 15) is 9.59 Å². The molecule has 0 atom stereocenters. The molecule has 2 rings (SSSR count). The van der Waals surface area contributed by atoms with Crippen molar-refractivity contribution in [3.8, 4) is 0 Å². The Kier molecular flexibility index (Phi) is 6.02. The summed E-state index contributed by atoms with van der Waals surface area (Å²) in [4.78, 5) is 28.2. The molecule has 0 aromatic carbocycles. The van der Waals surface area contributed by atoms with Crippen LogP contribution in [0.15, 0.2) is 12.1 Å². The normalized spacial score (nSPS) is 16.0. The molecule has 0 unspecified atom stereocenters. The van der Waals surface area contributed by atoms with Crippen molar-refractivity contribution < 1.29 is 14.3 Å². The predicted molar refractivity (Wildman–Crippen MR) is 83.3 cm³/mol. The van der Waals surface area contributed by atoms with E-state index >= 15 is 0 Å². The van der Waals surface area contributed by atoms with E-state index in [1.807, 2.05) is 0 Å². The van der Waals surface area contributed by atoms with E-state index in [1.165, 1.54) is 11.3 Å². The largest absolute Gasteiger partial charge is 0.450 e. The van der Waals surface area contributed by atoms with Gasteiger partial charge in [-0.05, 0) is 19.1 Å². The Bertz CT molecular complexity index is 498. The molecule has 1 aliphatic rings. The highest BCUT2D eigenvalue weighted by Crippen LogP contribution is 2.22. The first-order valence-electron chi connectivity index (χ1n) is 7.02. The maximum absolute atomic E-state index is 12.0. The van der Waals surface area contributed by atoms with Gasteiger partial charge in [-0.2, -0.15) is 0 Å². The summed E-state index contributed by atoms with van der Waals surface area (Å²) in [5.74, 6) is 0.125. The third-order valence-electron chi connectivity index (χ3n) is 3.40. The number of halogens is 1. The molecule has 21 heavy (non-hydrogen) atoms. The molecule has 0 bridgehead atoms. The van der Waals surface area contributed by atoms with Crippen LogP contribution in [0.1, 0.15) is 23.0 Å². The van der Waals surface area contributed by atoms with Gasteiger partial charge in [0.25, 0.3) is 0 Å². The summed E-state index contributed by atoms with van der Waals surface area (Å²) in [7, 11) is 0. The standard InChI is InChI=1S/C14H19ClN2O3S/c1-2-20-14(19)17-9-7-16(8-10-17)6-5-11(18)12-3-4-13(15)21-12/h3-4H,2,5-10H2,1H3. The number of ketones is 1. The molecule has 0 aliphatic carbocycles. The zero-order chi connectivity index (χ0) is 15.2. The summed E-state index contributed by atoms with van der Waals surface area (Å²) in [5.41, 5.74) is 0. The highest BCUT2D eigenvalue weighted by Gasteiger charge is 2.22. The molecular weight excluding hydrogens is 312 g/mol. The summed E-state index contributed by atoms with van der Waals surface area (Å²) in [6, 6.07) is 3.52. The van der Waals surface area contributed by atoms with Gasteiger partial charge in [-0.3, -0.25) is 9.69 Å². The minimum Gasteiger partial charge on any atom is -0.450 e. The Balaban J connectivity index is 1.71. The van der Waals surface area contributed by atoms with E-state index in [-0.39, 0.29) is 11.9 Å². The minimum atomic E-state index is -0.249. The lowest BCUT2D eigenvalue weighted by Gasteiger charge is -2.33. The van der Waals surface area contributed by atoms with E-state index in [0.717, 1.165) is 13.1 Å². The van der Waals surface area contributed by atoms with Crippen molar-refractivity contribution in [1.82, 2.24) is 9.80 Å². The van der Waals surface area contributed by atoms with Gasteiger partial charge in [0.2, 0.25) is 0 Å². The van der Waals surface area contributed by atoms with Crippen LogP contribution in [0.3, 0.4) is 0 Å². The lowest BCUT2D eigenvalue weighted by molar-refractivity contribution is 0.0764. The average molecular weight is 331 g/mol. The molecule has 1 aliphatic heterocycles. The quantitative estimate of drug-likeness (QED) is 0.779. The van der Waals surface area contributed by atoms with Crippen LogP contribution in [0.2, 0.25) is 4.34 Å². The number of rotatable bonds is 5. The Morgan fingerprint density at radius 1 is 1.29 bits per heavy atom. The number of nitrogens with zero attached hydrogens (tertiary/aromatic N) is 2. The van der Waals surface area contributed by atoms with Gasteiger partial charge >= 0.3 is 6.09 Å². The molecule has 5 nitrogen and oxygen atoms in total. The van der Waals surface area contributed by atoms with Gasteiger partial charge in [0.15, 0.2) is 5.78 Å². The van der Waals surface area contributed by atoms with E-state index in [0.29, 0.717) is 41.9 Å². The van der Waals surface area contributed by atoms with Crippen molar-refractivity contribution in [3.05, 3.63) is 21.3 Å².